The number of nitrogens with zero attached hydrogens (tertiary/aromatic N) is 2. The number of allylic oxidation sites excluding steroid dienone is 3. The topological polar surface area (TPSA) is 191 Å². The summed E-state index contributed by atoms with van der Waals surface area (Å²) in [6.45, 7) is 5.17. The number of amides is 3. The van der Waals surface area contributed by atoms with E-state index in [1.807, 2.05) is 13.0 Å². The number of halogens is 3. The van der Waals surface area contributed by atoms with Crippen LogP contribution in [0.5, 0.6) is 5.75 Å². The number of nitrogens with one attached hydrogen (secondary N) is 2. The van der Waals surface area contributed by atoms with E-state index < -0.39 is 93.3 Å². The number of aliphatic hydroxyl groups is 1. The van der Waals surface area contributed by atoms with Gasteiger partial charge in [0.1, 0.15) is 46.2 Å². The molecule has 0 radical (unpaired) electrons. The molecule has 286 valence electrons. The Morgan fingerprint density at radius 1 is 1.23 bits per heavy atom. The van der Waals surface area contributed by atoms with Gasteiger partial charge in [-0.1, -0.05) is 53.9 Å². The zero-order valence-corrected chi connectivity index (χ0v) is 31.1. The number of ether oxygens (including phenoxy) is 5. The first-order valence-electron chi connectivity index (χ1n) is 16.4. The molecule has 0 aromatic heterocycles. The van der Waals surface area contributed by atoms with Crippen molar-refractivity contribution in [1.29, 1.82) is 0 Å². The highest BCUT2D eigenvalue weighted by atomic mass is 35.5. The van der Waals surface area contributed by atoms with E-state index in [4.69, 9.17) is 46.9 Å². The minimum atomic E-state index is -1.90. The van der Waals surface area contributed by atoms with E-state index in [0.717, 1.165) is 17.2 Å². The predicted octanol–water partition coefficient (Wildman–Crippen LogP) is 6.07. The Balaban J connectivity index is 1.55. The molecule has 0 aliphatic carbocycles. The first-order chi connectivity index (χ1) is 24.9. The molecule has 0 spiro atoms. The molecule has 5 rings (SSSR count). The number of fused-ring (bicyclic) bond motifs is 5. The van der Waals surface area contributed by atoms with Crippen molar-refractivity contribution in [2.24, 2.45) is 5.92 Å². The monoisotopic (exact) mass is 780 g/mol. The Morgan fingerprint density at radius 3 is 2.60 bits per heavy atom. The molecule has 2 saturated heterocycles. The van der Waals surface area contributed by atoms with Crippen LogP contribution in [-0.4, -0.2) is 85.1 Å². The molecule has 2 fully saturated rings. The number of benzene rings is 2. The predicted molar refractivity (Wildman–Crippen MR) is 191 cm³/mol. The summed E-state index contributed by atoms with van der Waals surface area (Å²) in [5, 5.41) is 27.6. The van der Waals surface area contributed by atoms with Gasteiger partial charge in [-0.15, -0.1) is 0 Å². The van der Waals surface area contributed by atoms with E-state index in [1.54, 1.807) is 38.1 Å². The minimum absolute atomic E-state index is 0.131. The molecule has 15 nitrogen and oxygen atoms in total. The second kappa shape index (κ2) is 15.5. The van der Waals surface area contributed by atoms with Crippen molar-refractivity contribution in [3.05, 3.63) is 79.6 Å². The SMILES string of the molecule is COc1cc2cc(c1Cl)N(C)C(=O)C[C@H](OC(=O)Nc1cc(Cl)c(F)cc1[N+](=O)[O-])[C@]1(C)O[C@H]1[C@H](C)[C@@H]1C[C@@](O)(NC(=O)O1)[C@H](OC)/C=C/C=C(\C)C2. The average Bonchev–Trinajstić information content (AvgIpc) is 3.79. The normalized spacial score (nSPS) is 30.5. The van der Waals surface area contributed by atoms with Gasteiger partial charge in [-0.2, -0.15) is 0 Å². The maximum atomic E-state index is 14.1. The highest BCUT2D eigenvalue weighted by Crippen LogP contribution is 2.49. The Bertz CT molecular complexity index is 1880. The number of carbonyl (C=O) groups excluding carboxylic acids is 3. The van der Waals surface area contributed by atoms with Gasteiger partial charge in [0.15, 0.2) is 5.72 Å². The molecule has 4 bridgehead atoms. The number of nitro benzene ring substituents is 1. The van der Waals surface area contributed by atoms with Crippen LogP contribution in [0.1, 0.15) is 39.2 Å². The van der Waals surface area contributed by atoms with E-state index in [1.165, 1.54) is 26.2 Å². The van der Waals surface area contributed by atoms with Crippen molar-refractivity contribution >= 4 is 58.4 Å². The number of hydrogen-bond acceptors (Lipinski definition) is 11. The standard InChI is InChI=1S/C35H39Cl2FN4O11/c1-17-8-7-9-27(50-6)35(46)16-26(51-33(45)40-35)18(2)31-34(3,53-31)28(52-32(44)39-22-13-20(36)21(38)14-23(22)42(47)48)15-29(43)41(4)24-11-19(10-17)12-25(49-5)30(24)37/h7-9,11-14,18,26-28,31,46H,10,15-16H2,1-6H3,(H,39,44)(H,40,45)/b9-7+,17-8+/t18-,26+,27-,28+,31+,34+,35+/m1/s1. The Hall–Kier alpha value is -4.48. The second-order valence-electron chi connectivity index (χ2n) is 13.4. The summed E-state index contributed by atoms with van der Waals surface area (Å²) in [7, 11) is 4.31. The highest BCUT2D eigenvalue weighted by Gasteiger charge is 2.64. The zero-order chi connectivity index (χ0) is 39.0. The molecule has 3 heterocycles. The van der Waals surface area contributed by atoms with Gasteiger partial charge in [0, 0.05) is 26.5 Å². The van der Waals surface area contributed by atoms with Crippen LogP contribution in [0, 0.1) is 21.8 Å². The smallest absolute Gasteiger partial charge is 0.412 e. The number of alkyl carbamates (subject to hydrolysis) is 1. The summed E-state index contributed by atoms with van der Waals surface area (Å²) in [5.41, 5.74) is -2.62. The number of epoxide rings is 1. The average molecular weight is 782 g/mol. The number of rotatable bonds is 5. The summed E-state index contributed by atoms with van der Waals surface area (Å²) in [5.74, 6) is -1.99. The number of hydrogen-bond donors (Lipinski definition) is 3. The van der Waals surface area contributed by atoms with Crippen LogP contribution in [0.2, 0.25) is 10.0 Å². The lowest BCUT2D eigenvalue weighted by Crippen LogP contribution is -2.63. The van der Waals surface area contributed by atoms with Gasteiger partial charge in [0.25, 0.3) is 5.69 Å². The van der Waals surface area contributed by atoms with Crippen LogP contribution >= 0.6 is 23.2 Å². The van der Waals surface area contributed by atoms with Gasteiger partial charge in [0.2, 0.25) is 5.91 Å². The fraction of sp³-hybridized carbons (Fsp3) is 0.457. The summed E-state index contributed by atoms with van der Waals surface area (Å²) in [6.07, 6.45) is -1.34. The molecular weight excluding hydrogens is 742 g/mol. The number of nitro groups is 1. The van der Waals surface area contributed by atoms with Crippen molar-refractivity contribution in [3.63, 3.8) is 0 Å². The van der Waals surface area contributed by atoms with Crippen molar-refractivity contribution in [1.82, 2.24) is 5.32 Å². The van der Waals surface area contributed by atoms with Crippen molar-refractivity contribution in [3.8, 4) is 5.75 Å². The fourth-order valence-corrected chi connectivity index (χ4v) is 7.14. The quantitative estimate of drug-likeness (QED) is 0.181. The molecule has 53 heavy (non-hydrogen) atoms. The molecule has 3 amide bonds. The summed E-state index contributed by atoms with van der Waals surface area (Å²) >= 11 is 12.5. The van der Waals surface area contributed by atoms with E-state index in [2.05, 4.69) is 10.6 Å². The first-order valence-corrected chi connectivity index (χ1v) is 17.2. The van der Waals surface area contributed by atoms with Gasteiger partial charge in [-0.3, -0.25) is 25.5 Å². The Kier molecular flexibility index (Phi) is 11.6. The third kappa shape index (κ3) is 8.36. The van der Waals surface area contributed by atoms with Gasteiger partial charge in [0.05, 0.1) is 41.3 Å². The number of methoxy groups -OCH3 is 2. The largest absolute Gasteiger partial charge is 0.495 e. The van der Waals surface area contributed by atoms with Crippen LogP contribution in [0.25, 0.3) is 0 Å². The van der Waals surface area contributed by atoms with Crippen LogP contribution in [0.4, 0.5) is 31.0 Å². The summed E-state index contributed by atoms with van der Waals surface area (Å²) < 4.78 is 42.6. The molecular formula is C35H39Cl2FN4O11. The molecule has 3 aliphatic heterocycles. The molecule has 2 aromatic rings. The van der Waals surface area contributed by atoms with Gasteiger partial charge < -0.3 is 33.7 Å². The minimum Gasteiger partial charge on any atom is -0.495 e. The summed E-state index contributed by atoms with van der Waals surface area (Å²) in [4.78, 5) is 52.2. The molecule has 7 atom stereocenters. The lowest BCUT2D eigenvalue weighted by Gasteiger charge is -2.42. The Morgan fingerprint density at radius 2 is 1.94 bits per heavy atom. The van der Waals surface area contributed by atoms with Crippen molar-refractivity contribution in [2.75, 3.05) is 31.5 Å². The van der Waals surface area contributed by atoms with Crippen LogP contribution in [-0.2, 0) is 30.2 Å². The van der Waals surface area contributed by atoms with Crippen molar-refractivity contribution in [2.45, 2.75) is 75.8 Å². The molecule has 2 aromatic carbocycles. The van der Waals surface area contributed by atoms with Gasteiger partial charge in [-0.25, -0.2) is 14.0 Å². The number of anilines is 2. The zero-order valence-electron chi connectivity index (χ0n) is 29.6. The number of carbonyl (C=O) groups is 3. The second-order valence-corrected chi connectivity index (χ2v) is 14.1. The maximum Gasteiger partial charge on any atom is 0.412 e. The van der Waals surface area contributed by atoms with E-state index in [9.17, 15) is 34.0 Å². The van der Waals surface area contributed by atoms with E-state index in [0.29, 0.717) is 23.9 Å². The molecule has 3 aliphatic rings. The van der Waals surface area contributed by atoms with Gasteiger partial charge in [-0.05, 0) is 44.0 Å². The summed E-state index contributed by atoms with van der Waals surface area (Å²) in [6, 6.07) is 4.85. The molecule has 0 unspecified atom stereocenters. The third-order valence-corrected chi connectivity index (χ3v) is 10.3. The first kappa shape index (κ1) is 39.7. The van der Waals surface area contributed by atoms with Crippen molar-refractivity contribution < 1.29 is 52.5 Å². The van der Waals surface area contributed by atoms with Crippen LogP contribution in [0.15, 0.2) is 48.1 Å². The third-order valence-electron chi connectivity index (χ3n) is 9.67. The Labute approximate surface area is 314 Å². The van der Waals surface area contributed by atoms with Crippen LogP contribution < -0.4 is 20.3 Å². The lowest BCUT2D eigenvalue weighted by atomic mass is 9.83. The molecule has 18 heteroatoms. The lowest BCUT2D eigenvalue weighted by molar-refractivity contribution is -0.384. The highest BCUT2D eigenvalue weighted by molar-refractivity contribution is 6.35. The molecule has 3 N–H and O–H groups in total. The van der Waals surface area contributed by atoms with E-state index in [-0.39, 0.29) is 11.4 Å². The van der Waals surface area contributed by atoms with Gasteiger partial charge >= 0.3 is 12.2 Å². The molecule has 0 saturated carbocycles. The maximum absolute atomic E-state index is 14.1. The van der Waals surface area contributed by atoms with E-state index >= 15 is 0 Å². The fourth-order valence-electron chi connectivity index (χ4n) is 6.66. The van der Waals surface area contributed by atoms with Crippen LogP contribution in [0.3, 0.4) is 0 Å².